The van der Waals surface area contributed by atoms with Crippen molar-refractivity contribution in [2.75, 3.05) is 32.8 Å². The summed E-state index contributed by atoms with van der Waals surface area (Å²) in [5, 5.41) is 0. The van der Waals surface area contributed by atoms with Crippen molar-refractivity contribution in [1.29, 1.82) is 0 Å². The largest absolute Gasteiger partial charge is 0.373 e. The van der Waals surface area contributed by atoms with Gasteiger partial charge in [0, 0.05) is 31.7 Å². The molecule has 0 bridgehead atoms. The molecular weight excluding hydrogens is 423 g/mol. The second-order valence-corrected chi connectivity index (χ2v) is 8.60. The van der Waals surface area contributed by atoms with Gasteiger partial charge in [0.15, 0.2) is 0 Å². The predicted molar refractivity (Wildman–Crippen MR) is 122 cm³/mol. The minimum Gasteiger partial charge on any atom is -0.373 e. The monoisotopic (exact) mass is 450 g/mol. The van der Waals surface area contributed by atoms with E-state index in [1.807, 2.05) is 38.1 Å². The Balaban J connectivity index is 1.46. The molecule has 1 fully saturated rings. The molecule has 0 radical (unpaired) electrons. The van der Waals surface area contributed by atoms with E-state index in [1.165, 1.54) is 30.5 Å². The average molecular weight is 451 g/mol. The summed E-state index contributed by atoms with van der Waals surface area (Å²) in [6.07, 6.45) is 1.16. The number of halogens is 1. The molecule has 0 unspecified atom stereocenters. The van der Waals surface area contributed by atoms with Gasteiger partial charge in [0.25, 0.3) is 11.8 Å². The molecule has 1 aromatic heterocycles. The number of rotatable bonds is 6. The van der Waals surface area contributed by atoms with Crippen molar-refractivity contribution in [3.63, 3.8) is 0 Å². The van der Waals surface area contributed by atoms with Gasteiger partial charge in [-0.05, 0) is 42.3 Å². The Morgan fingerprint density at radius 3 is 2.61 bits per heavy atom. The van der Waals surface area contributed by atoms with Gasteiger partial charge in [-0.1, -0.05) is 26.0 Å². The molecule has 7 nitrogen and oxygen atoms in total. The van der Waals surface area contributed by atoms with Crippen molar-refractivity contribution in [1.82, 2.24) is 19.8 Å². The molecular formula is C25H27FN4O3. The van der Waals surface area contributed by atoms with Gasteiger partial charge in [0.1, 0.15) is 11.5 Å². The zero-order valence-corrected chi connectivity index (χ0v) is 18.8. The molecule has 2 amide bonds. The van der Waals surface area contributed by atoms with Crippen LogP contribution in [0.3, 0.4) is 0 Å². The summed E-state index contributed by atoms with van der Waals surface area (Å²) < 4.78 is 19.2. The minimum atomic E-state index is -0.386. The lowest BCUT2D eigenvalue weighted by Gasteiger charge is -2.36. The summed E-state index contributed by atoms with van der Waals surface area (Å²) in [6.45, 7) is 6.08. The Hall–Kier alpha value is -3.39. The number of benzene rings is 2. The van der Waals surface area contributed by atoms with Crippen LogP contribution in [-0.4, -0.2) is 70.5 Å². The number of amides is 2. The van der Waals surface area contributed by atoms with E-state index in [-0.39, 0.29) is 35.3 Å². The van der Waals surface area contributed by atoms with E-state index < -0.39 is 0 Å². The highest BCUT2D eigenvalue weighted by molar-refractivity contribution is 5.95. The zero-order valence-electron chi connectivity index (χ0n) is 18.8. The van der Waals surface area contributed by atoms with Crippen LogP contribution >= 0.6 is 0 Å². The van der Waals surface area contributed by atoms with Gasteiger partial charge in [-0.25, -0.2) is 9.37 Å². The highest BCUT2D eigenvalue weighted by Gasteiger charge is 2.29. The minimum absolute atomic E-state index is 0.184. The van der Waals surface area contributed by atoms with Crippen LogP contribution in [0, 0.1) is 11.7 Å². The number of nitrogens with zero attached hydrogens (tertiary/aromatic N) is 4. The molecule has 1 aliphatic heterocycles. The second kappa shape index (κ2) is 10.0. The smallest absolute Gasteiger partial charge is 0.274 e. The van der Waals surface area contributed by atoms with Crippen molar-refractivity contribution < 1.29 is 18.7 Å². The van der Waals surface area contributed by atoms with Crippen LogP contribution in [0.15, 0.2) is 54.7 Å². The first-order valence-corrected chi connectivity index (χ1v) is 11.1. The van der Waals surface area contributed by atoms with E-state index in [2.05, 4.69) is 9.97 Å². The molecule has 0 saturated carbocycles. The fraction of sp³-hybridized carbons (Fsp3) is 0.360. The molecule has 2 heterocycles. The summed E-state index contributed by atoms with van der Waals surface area (Å²) in [4.78, 5) is 38.4. The Kier molecular flexibility index (Phi) is 6.93. The maximum absolute atomic E-state index is 13.3. The number of para-hydroxylation sites is 2. The first-order chi connectivity index (χ1) is 15.9. The molecule has 1 saturated heterocycles. The number of ether oxygens (including phenoxy) is 1. The molecule has 0 aliphatic carbocycles. The van der Waals surface area contributed by atoms with Crippen molar-refractivity contribution >= 4 is 22.8 Å². The topological polar surface area (TPSA) is 75.6 Å². The Labute approximate surface area is 192 Å². The van der Waals surface area contributed by atoms with Crippen LogP contribution in [0.5, 0.6) is 0 Å². The van der Waals surface area contributed by atoms with Crippen LogP contribution in [0.25, 0.3) is 11.0 Å². The second-order valence-electron chi connectivity index (χ2n) is 8.60. The summed E-state index contributed by atoms with van der Waals surface area (Å²) in [5.41, 5.74) is 2.11. The molecule has 3 aromatic rings. The third-order valence-electron chi connectivity index (χ3n) is 5.48. The maximum Gasteiger partial charge on any atom is 0.274 e. The molecule has 172 valence electrons. The third-order valence-corrected chi connectivity index (χ3v) is 5.48. The quantitative estimate of drug-likeness (QED) is 0.575. The van der Waals surface area contributed by atoms with Crippen molar-refractivity contribution in [3.05, 3.63) is 71.8 Å². The molecule has 0 N–H and O–H groups in total. The van der Waals surface area contributed by atoms with Gasteiger partial charge in [0.05, 0.1) is 29.9 Å². The van der Waals surface area contributed by atoms with Crippen molar-refractivity contribution in [2.24, 2.45) is 5.92 Å². The number of aromatic nitrogens is 2. The number of morpholine rings is 1. The molecule has 4 rings (SSSR count). The normalized spacial score (nSPS) is 16.2. The lowest BCUT2D eigenvalue weighted by Crippen LogP contribution is -2.51. The number of fused-ring (bicyclic) bond motifs is 1. The van der Waals surface area contributed by atoms with Crippen LogP contribution < -0.4 is 0 Å². The first kappa shape index (κ1) is 22.8. The number of carbonyl (C=O) groups is 2. The summed E-state index contributed by atoms with van der Waals surface area (Å²) in [5.74, 6) is -0.537. The van der Waals surface area contributed by atoms with Crippen LogP contribution in [-0.2, 0) is 4.74 Å². The van der Waals surface area contributed by atoms with Crippen LogP contribution in [0.1, 0.15) is 34.7 Å². The van der Waals surface area contributed by atoms with Crippen LogP contribution in [0.2, 0.25) is 0 Å². The molecule has 1 atom stereocenters. The number of hydrogen-bond donors (Lipinski definition) is 0. The Morgan fingerprint density at radius 1 is 1.15 bits per heavy atom. The van der Waals surface area contributed by atoms with E-state index in [1.54, 1.807) is 9.80 Å². The van der Waals surface area contributed by atoms with E-state index in [9.17, 15) is 14.0 Å². The number of carbonyl (C=O) groups excluding carboxylic acids is 2. The van der Waals surface area contributed by atoms with Gasteiger partial charge in [-0.2, -0.15) is 0 Å². The van der Waals surface area contributed by atoms with Crippen molar-refractivity contribution in [2.45, 2.75) is 20.0 Å². The molecule has 1 aliphatic rings. The Bertz CT molecular complexity index is 1140. The summed E-state index contributed by atoms with van der Waals surface area (Å²) >= 11 is 0. The fourth-order valence-electron chi connectivity index (χ4n) is 3.94. The lowest BCUT2D eigenvalue weighted by molar-refractivity contribution is -0.0341. The van der Waals surface area contributed by atoms with Crippen molar-refractivity contribution in [3.8, 4) is 0 Å². The average Bonchev–Trinajstić information content (AvgIpc) is 2.83. The first-order valence-electron chi connectivity index (χ1n) is 11.1. The molecule has 0 spiro atoms. The fourth-order valence-corrected chi connectivity index (χ4v) is 3.94. The van der Waals surface area contributed by atoms with Gasteiger partial charge in [-0.15, -0.1) is 0 Å². The van der Waals surface area contributed by atoms with E-state index in [0.717, 1.165) is 5.52 Å². The Morgan fingerprint density at radius 2 is 1.88 bits per heavy atom. The third kappa shape index (κ3) is 5.51. The predicted octanol–water partition coefficient (Wildman–Crippen LogP) is 3.41. The summed E-state index contributed by atoms with van der Waals surface area (Å²) in [7, 11) is 0. The standard InChI is InChI=1S/C25H27FN4O3/c1-17(2)14-30(24(31)18-7-9-19(26)10-8-18)16-20-15-29(11-12-33-20)25(32)23-13-27-21-5-3-4-6-22(21)28-23/h3-10,13,17,20H,11-12,14-16H2,1-2H3/t20-/m0/s1. The molecule has 8 heteroatoms. The lowest BCUT2D eigenvalue weighted by atomic mass is 10.1. The van der Waals surface area contributed by atoms with E-state index in [4.69, 9.17) is 4.74 Å². The van der Waals surface area contributed by atoms with E-state index in [0.29, 0.717) is 43.9 Å². The van der Waals surface area contributed by atoms with E-state index >= 15 is 0 Å². The highest BCUT2D eigenvalue weighted by Crippen LogP contribution is 2.16. The van der Waals surface area contributed by atoms with Gasteiger partial charge >= 0.3 is 0 Å². The summed E-state index contributed by atoms with van der Waals surface area (Å²) in [6, 6.07) is 12.9. The zero-order chi connectivity index (χ0) is 23.4. The van der Waals surface area contributed by atoms with Crippen LogP contribution in [0.4, 0.5) is 4.39 Å². The maximum atomic E-state index is 13.3. The molecule has 2 aromatic carbocycles. The SMILES string of the molecule is CC(C)CN(C[C@@H]1CN(C(=O)c2cnc3ccccc3n2)CCO1)C(=O)c1ccc(F)cc1. The van der Waals surface area contributed by atoms with Gasteiger partial charge in [0.2, 0.25) is 0 Å². The van der Waals surface area contributed by atoms with Gasteiger partial charge in [-0.3, -0.25) is 14.6 Å². The van der Waals surface area contributed by atoms with Gasteiger partial charge < -0.3 is 14.5 Å². The highest BCUT2D eigenvalue weighted by atomic mass is 19.1. The number of hydrogen-bond acceptors (Lipinski definition) is 5. The molecule has 33 heavy (non-hydrogen) atoms.